The lowest BCUT2D eigenvalue weighted by Gasteiger charge is -2.41. The number of halogens is 1. The molecule has 0 radical (unpaired) electrons. The van der Waals surface area contributed by atoms with Gasteiger partial charge < -0.3 is 10.6 Å². The van der Waals surface area contributed by atoms with E-state index in [1.807, 2.05) is 7.05 Å². The highest BCUT2D eigenvalue weighted by Crippen LogP contribution is 2.20. The molecule has 130 valence electrons. The minimum absolute atomic E-state index is 0. The van der Waals surface area contributed by atoms with E-state index in [9.17, 15) is 0 Å². The van der Waals surface area contributed by atoms with Crippen molar-refractivity contribution >= 4 is 29.9 Å². The van der Waals surface area contributed by atoms with Gasteiger partial charge in [-0.1, -0.05) is 25.7 Å². The first-order chi connectivity index (χ1) is 10.1. The van der Waals surface area contributed by atoms with E-state index < -0.39 is 0 Å². The molecule has 2 rings (SSSR count). The lowest BCUT2D eigenvalue weighted by Crippen LogP contribution is -2.55. The standard InChI is InChI=1S/C17H34N4.HI/c1-17(2,21-12-8-5-9-13-21)14-19-16(18-3)20-15-10-6-4-7-11-15;/h15H,4-14H2,1-3H3,(H2,18,19,20);1H. The van der Waals surface area contributed by atoms with Crippen molar-refractivity contribution in [2.75, 3.05) is 26.7 Å². The van der Waals surface area contributed by atoms with Gasteiger partial charge in [-0.2, -0.15) is 0 Å². The Hall–Kier alpha value is -0.0400. The van der Waals surface area contributed by atoms with Crippen LogP contribution in [0.4, 0.5) is 0 Å². The Balaban J connectivity index is 0.00000242. The average molecular weight is 422 g/mol. The van der Waals surface area contributed by atoms with Gasteiger partial charge >= 0.3 is 0 Å². The van der Waals surface area contributed by atoms with Crippen molar-refractivity contribution in [3.63, 3.8) is 0 Å². The molecule has 1 aliphatic carbocycles. The van der Waals surface area contributed by atoms with Crippen LogP contribution in [0.25, 0.3) is 0 Å². The highest BCUT2D eigenvalue weighted by atomic mass is 127. The number of piperidine rings is 1. The van der Waals surface area contributed by atoms with Crippen molar-refractivity contribution in [2.45, 2.75) is 76.8 Å². The Morgan fingerprint density at radius 3 is 2.23 bits per heavy atom. The van der Waals surface area contributed by atoms with Crippen LogP contribution in [0.15, 0.2) is 4.99 Å². The fourth-order valence-electron chi connectivity index (χ4n) is 3.55. The van der Waals surface area contributed by atoms with Gasteiger partial charge in [-0.25, -0.2) is 0 Å². The molecule has 0 unspecified atom stereocenters. The molecule has 2 aliphatic rings. The molecule has 0 spiro atoms. The summed E-state index contributed by atoms with van der Waals surface area (Å²) in [4.78, 5) is 7.03. The maximum atomic E-state index is 4.41. The van der Waals surface area contributed by atoms with Gasteiger partial charge in [0.15, 0.2) is 5.96 Å². The SMILES string of the molecule is CN=C(NCC(C)(C)N1CCCCC1)NC1CCCCC1.I. The van der Waals surface area contributed by atoms with Gasteiger partial charge in [0.25, 0.3) is 0 Å². The largest absolute Gasteiger partial charge is 0.355 e. The fourth-order valence-corrected chi connectivity index (χ4v) is 3.55. The van der Waals surface area contributed by atoms with E-state index in [-0.39, 0.29) is 29.5 Å². The molecule has 1 heterocycles. The maximum absolute atomic E-state index is 4.41. The third-order valence-corrected chi connectivity index (χ3v) is 5.07. The maximum Gasteiger partial charge on any atom is 0.191 e. The lowest BCUT2D eigenvalue weighted by molar-refractivity contribution is 0.0981. The second-order valence-corrected chi connectivity index (χ2v) is 7.27. The second kappa shape index (κ2) is 9.96. The molecule has 5 heteroatoms. The number of guanidine groups is 1. The predicted molar refractivity (Wildman–Crippen MR) is 106 cm³/mol. The number of nitrogens with one attached hydrogen (secondary N) is 2. The molecule has 0 atom stereocenters. The zero-order valence-electron chi connectivity index (χ0n) is 14.7. The third-order valence-electron chi connectivity index (χ3n) is 5.07. The van der Waals surface area contributed by atoms with E-state index in [0.717, 1.165) is 12.5 Å². The summed E-state index contributed by atoms with van der Waals surface area (Å²) in [5.41, 5.74) is 0.199. The van der Waals surface area contributed by atoms with Crippen molar-refractivity contribution < 1.29 is 0 Å². The average Bonchev–Trinajstić information content (AvgIpc) is 2.53. The van der Waals surface area contributed by atoms with Crippen LogP contribution >= 0.6 is 24.0 Å². The number of likely N-dealkylation sites (tertiary alicyclic amines) is 1. The molecule has 4 nitrogen and oxygen atoms in total. The molecule has 0 aromatic carbocycles. The molecule has 2 fully saturated rings. The van der Waals surface area contributed by atoms with Crippen LogP contribution in [0.5, 0.6) is 0 Å². The van der Waals surface area contributed by atoms with Crippen LogP contribution < -0.4 is 10.6 Å². The van der Waals surface area contributed by atoms with Crippen molar-refractivity contribution in [3.8, 4) is 0 Å². The molecule has 22 heavy (non-hydrogen) atoms. The first-order valence-electron chi connectivity index (χ1n) is 8.84. The van der Waals surface area contributed by atoms with Crippen LogP contribution in [0.3, 0.4) is 0 Å². The summed E-state index contributed by atoms with van der Waals surface area (Å²) >= 11 is 0. The van der Waals surface area contributed by atoms with E-state index >= 15 is 0 Å². The van der Waals surface area contributed by atoms with Gasteiger partial charge in [-0.05, 0) is 52.6 Å². The molecule has 0 aromatic heterocycles. The molecule has 0 aromatic rings. The molecular formula is C17H35IN4. The first kappa shape index (κ1) is 20.0. The summed E-state index contributed by atoms with van der Waals surface area (Å²) < 4.78 is 0. The Kier molecular flexibility index (Phi) is 9.05. The molecule has 1 aliphatic heterocycles. The first-order valence-corrected chi connectivity index (χ1v) is 8.84. The van der Waals surface area contributed by atoms with E-state index in [0.29, 0.717) is 6.04 Å². The van der Waals surface area contributed by atoms with Gasteiger partial charge in [0.2, 0.25) is 0 Å². The summed E-state index contributed by atoms with van der Waals surface area (Å²) in [6.07, 6.45) is 10.8. The van der Waals surface area contributed by atoms with Crippen molar-refractivity contribution in [3.05, 3.63) is 0 Å². The quantitative estimate of drug-likeness (QED) is 0.415. The number of hydrogen-bond donors (Lipinski definition) is 2. The third kappa shape index (κ3) is 6.22. The highest BCUT2D eigenvalue weighted by Gasteiger charge is 2.28. The lowest BCUT2D eigenvalue weighted by atomic mass is 9.95. The second-order valence-electron chi connectivity index (χ2n) is 7.27. The molecular weight excluding hydrogens is 387 g/mol. The monoisotopic (exact) mass is 422 g/mol. The van der Waals surface area contributed by atoms with Crippen LogP contribution in [0.2, 0.25) is 0 Å². The van der Waals surface area contributed by atoms with E-state index in [4.69, 9.17) is 0 Å². The number of aliphatic imine (C=N–C) groups is 1. The number of rotatable bonds is 4. The molecule has 0 bridgehead atoms. The predicted octanol–water partition coefficient (Wildman–Crippen LogP) is 3.37. The smallest absolute Gasteiger partial charge is 0.191 e. The normalized spacial score (nSPS) is 22.0. The van der Waals surface area contributed by atoms with Gasteiger partial charge in [0, 0.05) is 25.2 Å². The summed E-state index contributed by atoms with van der Waals surface area (Å²) in [5.74, 6) is 0.979. The molecule has 1 saturated heterocycles. The van der Waals surface area contributed by atoms with E-state index in [1.54, 1.807) is 0 Å². The van der Waals surface area contributed by atoms with Crippen LogP contribution in [-0.4, -0.2) is 49.1 Å². The van der Waals surface area contributed by atoms with Gasteiger partial charge in [0.05, 0.1) is 0 Å². The zero-order chi connectivity index (χ0) is 15.1. The van der Waals surface area contributed by atoms with Gasteiger partial charge in [0.1, 0.15) is 0 Å². The number of hydrogen-bond acceptors (Lipinski definition) is 2. The molecule has 2 N–H and O–H groups in total. The Labute approximate surface area is 153 Å². The summed E-state index contributed by atoms with van der Waals surface area (Å²) in [7, 11) is 1.88. The minimum Gasteiger partial charge on any atom is -0.355 e. The summed E-state index contributed by atoms with van der Waals surface area (Å²) in [6, 6.07) is 0.614. The van der Waals surface area contributed by atoms with Gasteiger partial charge in [-0.15, -0.1) is 24.0 Å². The highest BCUT2D eigenvalue weighted by molar-refractivity contribution is 14.0. The summed E-state index contributed by atoms with van der Waals surface area (Å²) in [5, 5.41) is 7.15. The van der Waals surface area contributed by atoms with E-state index in [2.05, 4.69) is 34.4 Å². The van der Waals surface area contributed by atoms with Crippen molar-refractivity contribution in [1.82, 2.24) is 15.5 Å². The Morgan fingerprint density at radius 1 is 1.05 bits per heavy atom. The summed E-state index contributed by atoms with van der Waals surface area (Å²) in [6.45, 7) is 8.13. The Morgan fingerprint density at radius 2 is 1.64 bits per heavy atom. The number of nitrogens with zero attached hydrogens (tertiary/aromatic N) is 2. The fraction of sp³-hybridized carbons (Fsp3) is 0.941. The molecule has 1 saturated carbocycles. The molecule has 0 amide bonds. The topological polar surface area (TPSA) is 39.7 Å². The van der Waals surface area contributed by atoms with E-state index in [1.165, 1.54) is 64.5 Å². The van der Waals surface area contributed by atoms with Crippen molar-refractivity contribution in [2.24, 2.45) is 4.99 Å². The Bertz CT molecular complexity index is 332. The van der Waals surface area contributed by atoms with Crippen LogP contribution in [0, 0.1) is 0 Å². The van der Waals surface area contributed by atoms with Crippen LogP contribution in [-0.2, 0) is 0 Å². The zero-order valence-corrected chi connectivity index (χ0v) is 17.0. The van der Waals surface area contributed by atoms with Crippen molar-refractivity contribution in [1.29, 1.82) is 0 Å². The van der Waals surface area contributed by atoms with Gasteiger partial charge in [-0.3, -0.25) is 9.89 Å². The van der Waals surface area contributed by atoms with Crippen LogP contribution in [0.1, 0.15) is 65.2 Å². The minimum atomic E-state index is 0.